The van der Waals surface area contributed by atoms with Gasteiger partial charge in [-0.05, 0) is 146 Å². The van der Waals surface area contributed by atoms with E-state index in [4.69, 9.17) is 23.7 Å². The molecule has 0 amide bonds. The number of benzene rings is 3. The number of ketones is 1. The standard InChI is InChI=1S/C35H32FN3O6.C18H18FNO4/c1-42-33-18-28-30(19-34(33)43-2)37-12-9-32(28)45-27-8-5-25(38-20-27)17-31(40)29-16-23(15-22-10-13-44-14-11-22)21-39(35(29)41)26-6-3-24(36)4-7-26;19-14-1-3-15(4-2-14)20-11-13(9-12-5-7-24-8-6-12)10-16(17(20)21)18(22)23/h3-9,12,16,18-22H,10-11,13-15,17H2,1-2H3;1-4,10-12H,5-9H2,(H,22,23). The molecule has 2 saturated heterocycles. The van der Waals surface area contributed by atoms with E-state index >= 15 is 0 Å². The molecule has 0 saturated carbocycles. The van der Waals surface area contributed by atoms with Crippen molar-refractivity contribution in [2.75, 3.05) is 40.6 Å². The molecule has 0 bridgehead atoms. The first-order chi connectivity index (χ1) is 33.5. The van der Waals surface area contributed by atoms with Crippen molar-refractivity contribution < 1.29 is 47.2 Å². The highest BCUT2D eigenvalue weighted by molar-refractivity contribution is 5.97. The number of hydrogen-bond donors (Lipinski definition) is 1. The third-order valence-electron chi connectivity index (χ3n) is 12.2. The SMILES string of the molecule is COc1cc2nccc(Oc3ccc(CC(=O)c4cc(CC5CCOCC5)cn(-c5ccc(F)cc5)c4=O)nc3)c2cc1OC.O=C(O)c1cc(CC2CCOCC2)cn(-c2ccc(F)cc2)c1=O. The third kappa shape index (κ3) is 11.8. The smallest absolute Gasteiger partial charge is 0.341 e. The average Bonchev–Trinajstić information content (AvgIpc) is 3.36. The summed E-state index contributed by atoms with van der Waals surface area (Å²) in [5, 5.41) is 10.0. The molecule has 4 aromatic heterocycles. The van der Waals surface area contributed by atoms with Crippen LogP contribution < -0.4 is 25.3 Å². The Morgan fingerprint density at radius 3 is 1.70 bits per heavy atom. The number of ether oxygens (including phenoxy) is 5. The number of halogens is 2. The van der Waals surface area contributed by atoms with Gasteiger partial charge in [0, 0.05) is 73.5 Å². The summed E-state index contributed by atoms with van der Waals surface area (Å²) in [4.78, 5) is 59.8. The molecule has 2 aliphatic rings. The van der Waals surface area contributed by atoms with E-state index < -0.39 is 28.7 Å². The Labute approximate surface area is 395 Å². The van der Waals surface area contributed by atoms with Gasteiger partial charge in [0.25, 0.3) is 11.1 Å². The molecule has 0 aliphatic carbocycles. The molecule has 356 valence electrons. The van der Waals surface area contributed by atoms with Crippen LogP contribution >= 0.6 is 0 Å². The molecule has 0 radical (unpaired) electrons. The zero-order chi connectivity index (χ0) is 48.4. The molecule has 6 heterocycles. The normalized spacial score (nSPS) is 14.1. The number of hydrogen-bond acceptors (Lipinski definition) is 11. The molecule has 2 fully saturated rings. The van der Waals surface area contributed by atoms with E-state index in [1.54, 1.807) is 69.2 Å². The van der Waals surface area contributed by atoms with Gasteiger partial charge in [0.15, 0.2) is 17.3 Å². The number of carboxylic acids is 1. The summed E-state index contributed by atoms with van der Waals surface area (Å²) in [5.74, 6) is 0.474. The van der Waals surface area contributed by atoms with Gasteiger partial charge in [0.1, 0.15) is 28.7 Å². The Kier molecular flexibility index (Phi) is 15.3. The molecule has 16 heteroatoms. The van der Waals surface area contributed by atoms with Crippen molar-refractivity contribution in [1.82, 2.24) is 19.1 Å². The summed E-state index contributed by atoms with van der Waals surface area (Å²) in [5.41, 5.74) is 2.45. The summed E-state index contributed by atoms with van der Waals surface area (Å²) < 4.78 is 57.2. The molecule has 1 N–H and O–H groups in total. The largest absolute Gasteiger partial charge is 0.493 e. The maximum absolute atomic E-state index is 13.6. The second kappa shape index (κ2) is 22.0. The van der Waals surface area contributed by atoms with Gasteiger partial charge in [-0.1, -0.05) is 0 Å². The predicted octanol–water partition coefficient (Wildman–Crippen LogP) is 8.77. The molecule has 0 atom stereocenters. The van der Waals surface area contributed by atoms with Crippen LogP contribution in [-0.4, -0.2) is 76.6 Å². The van der Waals surface area contributed by atoms with Crippen molar-refractivity contribution in [3.63, 3.8) is 0 Å². The zero-order valence-corrected chi connectivity index (χ0v) is 38.1. The molecule has 69 heavy (non-hydrogen) atoms. The van der Waals surface area contributed by atoms with Gasteiger partial charge in [0.05, 0.1) is 37.9 Å². The lowest BCUT2D eigenvalue weighted by atomic mass is 9.92. The molecule has 7 aromatic rings. The molecular weight excluding hydrogens is 891 g/mol. The van der Waals surface area contributed by atoms with Gasteiger partial charge in [-0.15, -0.1) is 0 Å². The highest BCUT2D eigenvalue weighted by Crippen LogP contribution is 2.37. The molecule has 3 aromatic carbocycles. The second-order valence-corrected chi connectivity index (χ2v) is 16.9. The number of aromatic carboxylic acids is 1. The maximum atomic E-state index is 13.6. The monoisotopic (exact) mass is 940 g/mol. The quantitative estimate of drug-likeness (QED) is 0.103. The van der Waals surface area contributed by atoms with Crippen molar-refractivity contribution in [3.8, 4) is 34.4 Å². The van der Waals surface area contributed by atoms with Gasteiger partial charge in [0.2, 0.25) is 0 Å². The molecule has 0 unspecified atom stereocenters. The van der Waals surface area contributed by atoms with Gasteiger partial charge in [-0.25, -0.2) is 13.6 Å². The van der Waals surface area contributed by atoms with Crippen molar-refractivity contribution >= 4 is 22.7 Å². The zero-order valence-electron chi connectivity index (χ0n) is 38.1. The van der Waals surface area contributed by atoms with E-state index in [0.717, 1.165) is 42.2 Å². The fourth-order valence-electron chi connectivity index (χ4n) is 8.51. The van der Waals surface area contributed by atoms with Crippen LogP contribution in [0.4, 0.5) is 8.78 Å². The fraction of sp³-hybridized carbons (Fsp3) is 0.283. The number of carbonyl (C=O) groups excluding carboxylic acids is 1. The Hall–Kier alpha value is -7.56. The van der Waals surface area contributed by atoms with Crippen LogP contribution in [0.1, 0.15) is 63.2 Å². The lowest BCUT2D eigenvalue weighted by Crippen LogP contribution is -2.27. The van der Waals surface area contributed by atoms with Crippen LogP contribution in [0.15, 0.2) is 125 Å². The van der Waals surface area contributed by atoms with Crippen LogP contribution in [0.5, 0.6) is 23.0 Å². The van der Waals surface area contributed by atoms with Crippen molar-refractivity contribution in [2.24, 2.45) is 11.8 Å². The van der Waals surface area contributed by atoms with E-state index in [1.807, 2.05) is 0 Å². The van der Waals surface area contributed by atoms with E-state index in [9.17, 15) is 33.1 Å². The number of fused-ring (bicyclic) bond motifs is 1. The molecule has 0 spiro atoms. The molecule has 14 nitrogen and oxygen atoms in total. The summed E-state index contributed by atoms with van der Waals surface area (Å²) in [6.07, 6.45) is 11.5. The van der Waals surface area contributed by atoms with Gasteiger partial charge in [-0.3, -0.25) is 33.5 Å². The first-order valence-corrected chi connectivity index (χ1v) is 22.5. The minimum absolute atomic E-state index is 0.0682. The molecule has 9 rings (SSSR count). The predicted molar refractivity (Wildman–Crippen MR) is 253 cm³/mol. The van der Waals surface area contributed by atoms with Crippen LogP contribution in [0.2, 0.25) is 0 Å². The van der Waals surface area contributed by atoms with E-state index in [1.165, 1.54) is 69.9 Å². The summed E-state index contributed by atoms with van der Waals surface area (Å²) in [6.45, 7) is 2.79. The first-order valence-electron chi connectivity index (χ1n) is 22.5. The Morgan fingerprint density at radius 2 is 1.19 bits per heavy atom. The summed E-state index contributed by atoms with van der Waals surface area (Å²) in [7, 11) is 3.12. The van der Waals surface area contributed by atoms with Gasteiger partial charge < -0.3 is 28.8 Å². The number of aromatic nitrogens is 4. The minimum Gasteiger partial charge on any atom is -0.493 e. The molecule has 2 aliphatic heterocycles. The Morgan fingerprint density at radius 1 is 0.667 bits per heavy atom. The van der Waals surface area contributed by atoms with Gasteiger partial charge >= 0.3 is 5.97 Å². The Balaban J connectivity index is 0.000000225. The lowest BCUT2D eigenvalue weighted by molar-refractivity contribution is 0.0661. The van der Waals surface area contributed by atoms with Crippen molar-refractivity contribution in [3.05, 3.63) is 176 Å². The fourth-order valence-corrected chi connectivity index (χ4v) is 8.51. The van der Waals surface area contributed by atoms with Crippen molar-refractivity contribution in [1.29, 1.82) is 0 Å². The third-order valence-corrected chi connectivity index (χ3v) is 12.2. The topological polar surface area (TPSA) is 170 Å². The summed E-state index contributed by atoms with van der Waals surface area (Å²) in [6, 6.07) is 22.9. The van der Waals surface area contributed by atoms with E-state index in [-0.39, 0.29) is 23.3 Å². The van der Waals surface area contributed by atoms with Crippen LogP contribution in [0, 0.1) is 23.5 Å². The number of pyridine rings is 4. The number of Topliss-reactive ketones (excluding diaryl/α,β-unsaturated/α-hetero) is 1. The minimum atomic E-state index is -1.26. The van der Waals surface area contributed by atoms with Crippen molar-refractivity contribution in [2.45, 2.75) is 44.9 Å². The lowest BCUT2D eigenvalue weighted by Gasteiger charge is -2.22. The van der Waals surface area contributed by atoms with E-state index in [0.29, 0.717) is 96.7 Å². The second-order valence-electron chi connectivity index (χ2n) is 16.9. The highest BCUT2D eigenvalue weighted by atomic mass is 19.1. The maximum Gasteiger partial charge on any atom is 0.341 e. The van der Waals surface area contributed by atoms with Crippen LogP contribution in [0.3, 0.4) is 0 Å². The molecular formula is C53H50F2N4O10. The number of carboxylic acid groups (broad SMARTS) is 1. The number of rotatable bonds is 14. The number of methoxy groups -OCH3 is 2. The average molecular weight is 941 g/mol. The van der Waals surface area contributed by atoms with Crippen LogP contribution in [-0.2, 0) is 28.7 Å². The first kappa shape index (κ1) is 47.9. The van der Waals surface area contributed by atoms with Gasteiger partial charge in [-0.2, -0.15) is 0 Å². The Bertz CT molecular complexity index is 3060. The highest BCUT2D eigenvalue weighted by Gasteiger charge is 2.22. The van der Waals surface area contributed by atoms with E-state index in [2.05, 4.69) is 9.97 Å². The number of carbonyl (C=O) groups is 2. The number of nitrogens with zero attached hydrogens (tertiary/aromatic N) is 4. The summed E-state index contributed by atoms with van der Waals surface area (Å²) >= 11 is 0. The van der Waals surface area contributed by atoms with Crippen LogP contribution in [0.25, 0.3) is 22.3 Å².